The number of rotatable bonds is 2. The molecule has 1 N–H and O–H groups in total. The van der Waals surface area contributed by atoms with Gasteiger partial charge in [0.25, 0.3) is 5.91 Å². The van der Waals surface area contributed by atoms with Crippen LogP contribution >= 0.6 is 0 Å². The molecule has 0 atom stereocenters. The quantitative estimate of drug-likeness (QED) is 0.921. The van der Waals surface area contributed by atoms with Crippen molar-refractivity contribution in [2.24, 2.45) is 0 Å². The SMILES string of the molecule is CC(C)c1nc(C(=O)N2CCCc3ccccc3C2)n[nH]1. The molecule has 2 aromatic rings. The van der Waals surface area contributed by atoms with Crippen LogP contribution in [0.25, 0.3) is 0 Å². The van der Waals surface area contributed by atoms with Crippen LogP contribution in [0.5, 0.6) is 0 Å². The maximum Gasteiger partial charge on any atom is 0.293 e. The normalized spacial score (nSPS) is 14.9. The summed E-state index contributed by atoms with van der Waals surface area (Å²) in [5, 5.41) is 6.92. The van der Waals surface area contributed by atoms with Crippen LogP contribution in [0.2, 0.25) is 0 Å². The fourth-order valence-corrected chi connectivity index (χ4v) is 2.64. The molecule has 1 aromatic heterocycles. The minimum Gasteiger partial charge on any atom is -0.332 e. The number of aromatic amines is 1. The number of hydrogen-bond acceptors (Lipinski definition) is 3. The minimum absolute atomic E-state index is 0.0881. The summed E-state index contributed by atoms with van der Waals surface area (Å²) in [7, 11) is 0. The number of nitrogens with zero attached hydrogens (tertiary/aromatic N) is 3. The van der Waals surface area contributed by atoms with Crippen molar-refractivity contribution in [1.29, 1.82) is 0 Å². The van der Waals surface area contributed by atoms with Crippen LogP contribution in [-0.4, -0.2) is 32.5 Å². The van der Waals surface area contributed by atoms with Crippen LogP contribution in [0.15, 0.2) is 24.3 Å². The minimum atomic E-state index is -0.0881. The highest BCUT2D eigenvalue weighted by molar-refractivity contribution is 5.90. The average Bonchev–Trinajstić information content (AvgIpc) is 2.87. The van der Waals surface area contributed by atoms with Gasteiger partial charge < -0.3 is 4.90 Å². The average molecular weight is 284 g/mol. The summed E-state index contributed by atoms with van der Waals surface area (Å²) in [6, 6.07) is 8.32. The molecule has 0 aliphatic carbocycles. The Balaban J connectivity index is 1.81. The molecule has 1 aromatic carbocycles. The molecule has 0 unspecified atom stereocenters. The summed E-state index contributed by atoms with van der Waals surface area (Å²) in [5.41, 5.74) is 2.56. The van der Waals surface area contributed by atoms with Gasteiger partial charge in [0.1, 0.15) is 5.82 Å². The van der Waals surface area contributed by atoms with Crippen molar-refractivity contribution in [2.75, 3.05) is 6.54 Å². The summed E-state index contributed by atoms with van der Waals surface area (Å²) in [6.45, 7) is 5.44. The second kappa shape index (κ2) is 5.68. The number of amides is 1. The van der Waals surface area contributed by atoms with E-state index in [1.165, 1.54) is 11.1 Å². The first-order valence-electron chi connectivity index (χ1n) is 7.43. The molecule has 1 aliphatic heterocycles. The number of carbonyl (C=O) groups is 1. The molecular weight excluding hydrogens is 264 g/mol. The highest BCUT2D eigenvalue weighted by Gasteiger charge is 2.23. The molecule has 0 saturated heterocycles. The molecular formula is C16H20N4O. The Morgan fingerprint density at radius 3 is 2.76 bits per heavy atom. The first-order chi connectivity index (χ1) is 10.1. The van der Waals surface area contributed by atoms with E-state index in [2.05, 4.69) is 33.4 Å². The third-order valence-electron chi connectivity index (χ3n) is 3.88. The van der Waals surface area contributed by atoms with Gasteiger partial charge >= 0.3 is 0 Å². The summed E-state index contributed by atoms with van der Waals surface area (Å²) < 4.78 is 0. The molecule has 1 aliphatic rings. The van der Waals surface area contributed by atoms with E-state index in [0.29, 0.717) is 6.54 Å². The van der Waals surface area contributed by atoms with Crippen molar-refractivity contribution >= 4 is 5.91 Å². The molecule has 3 rings (SSSR count). The van der Waals surface area contributed by atoms with Gasteiger partial charge in [-0.3, -0.25) is 9.89 Å². The van der Waals surface area contributed by atoms with Gasteiger partial charge in [-0.1, -0.05) is 38.1 Å². The number of aromatic nitrogens is 3. The molecule has 0 radical (unpaired) electrons. The lowest BCUT2D eigenvalue weighted by atomic mass is 10.0. The van der Waals surface area contributed by atoms with Crippen LogP contribution in [0.1, 0.15) is 53.8 Å². The number of carbonyl (C=O) groups excluding carboxylic acids is 1. The zero-order chi connectivity index (χ0) is 14.8. The van der Waals surface area contributed by atoms with E-state index in [1.807, 2.05) is 24.8 Å². The molecule has 0 saturated carbocycles. The monoisotopic (exact) mass is 284 g/mol. The molecule has 0 fully saturated rings. The Morgan fingerprint density at radius 1 is 1.29 bits per heavy atom. The molecule has 5 heteroatoms. The smallest absolute Gasteiger partial charge is 0.293 e. The van der Waals surface area contributed by atoms with Crippen molar-refractivity contribution < 1.29 is 4.79 Å². The van der Waals surface area contributed by atoms with Crippen LogP contribution in [0.3, 0.4) is 0 Å². The second-order valence-corrected chi connectivity index (χ2v) is 5.80. The second-order valence-electron chi connectivity index (χ2n) is 5.80. The number of benzene rings is 1. The van der Waals surface area contributed by atoms with Gasteiger partial charge in [-0.2, -0.15) is 0 Å². The van der Waals surface area contributed by atoms with E-state index in [9.17, 15) is 4.79 Å². The van der Waals surface area contributed by atoms with Gasteiger partial charge in [-0.15, -0.1) is 5.10 Å². The first-order valence-corrected chi connectivity index (χ1v) is 7.43. The van der Waals surface area contributed by atoms with Gasteiger partial charge in [0, 0.05) is 19.0 Å². The molecule has 2 heterocycles. The predicted molar refractivity (Wildman–Crippen MR) is 80.0 cm³/mol. The number of fused-ring (bicyclic) bond motifs is 1. The van der Waals surface area contributed by atoms with Crippen molar-refractivity contribution in [3.63, 3.8) is 0 Å². The van der Waals surface area contributed by atoms with Crippen LogP contribution in [0.4, 0.5) is 0 Å². The number of nitrogens with one attached hydrogen (secondary N) is 1. The predicted octanol–water partition coefficient (Wildman–Crippen LogP) is 2.52. The zero-order valence-electron chi connectivity index (χ0n) is 12.5. The first kappa shape index (κ1) is 13.8. The van der Waals surface area contributed by atoms with E-state index in [1.54, 1.807) is 0 Å². The molecule has 5 nitrogen and oxygen atoms in total. The summed E-state index contributed by atoms with van der Waals surface area (Å²) in [4.78, 5) is 18.7. The van der Waals surface area contributed by atoms with E-state index in [0.717, 1.165) is 25.2 Å². The molecule has 0 bridgehead atoms. The number of aryl methyl sites for hydroxylation is 1. The number of H-pyrrole nitrogens is 1. The Kier molecular flexibility index (Phi) is 3.73. The van der Waals surface area contributed by atoms with Gasteiger partial charge in [0.15, 0.2) is 0 Å². The molecule has 0 spiro atoms. The van der Waals surface area contributed by atoms with E-state index < -0.39 is 0 Å². The van der Waals surface area contributed by atoms with Crippen molar-refractivity contribution in [1.82, 2.24) is 20.1 Å². The van der Waals surface area contributed by atoms with E-state index in [4.69, 9.17) is 0 Å². The van der Waals surface area contributed by atoms with E-state index in [-0.39, 0.29) is 17.6 Å². The Bertz CT molecular complexity index is 647. The lowest BCUT2D eigenvalue weighted by molar-refractivity contribution is 0.0734. The Morgan fingerprint density at radius 2 is 2.05 bits per heavy atom. The summed E-state index contributed by atoms with van der Waals surface area (Å²) in [5.74, 6) is 1.19. The van der Waals surface area contributed by atoms with Gasteiger partial charge in [0.2, 0.25) is 5.82 Å². The Hall–Kier alpha value is -2.17. The lowest BCUT2D eigenvalue weighted by Crippen LogP contribution is -2.31. The summed E-state index contributed by atoms with van der Waals surface area (Å²) >= 11 is 0. The topological polar surface area (TPSA) is 61.9 Å². The molecule has 110 valence electrons. The largest absolute Gasteiger partial charge is 0.332 e. The highest BCUT2D eigenvalue weighted by atomic mass is 16.2. The lowest BCUT2D eigenvalue weighted by Gasteiger charge is -2.19. The maximum atomic E-state index is 12.6. The highest BCUT2D eigenvalue weighted by Crippen LogP contribution is 2.19. The third-order valence-corrected chi connectivity index (χ3v) is 3.88. The summed E-state index contributed by atoms with van der Waals surface area (Å²) in [6.07, 6.45) is 2.00. The van der Waals surface area contributed by atoms with Crippen LogP contribution in [-0.2, 0) is 13.0 Å². The Labute approximate surface area is 124 Å². The van der Waals surface area contributed by atoms with Gasteiger partial charge in [-0.05, 0) is 24.0 Å². The fourth-order valence-electron chi connectivity index (χ4n) is 2.64. The standard InChI is InChI=1S/C16H20N4O/c1-11(2)14-17-15(19-18-14)16(21)20-9-5-8-12-6-3-4-7-13(12)10-20/h3-4,6-7,11H,5,8-10H2,1-2H3,(H,17,18,19). The fraction of sp³-hybridized carbons (Fsp3) is 0.438. The number of hydrogen-bond donors (Lipinski definition) is 1. The van der Waals surface area contributed by atoms with Crippen molar-refractivity contribution in [3.8, 4) is 0 Å². The van der Waals surface area contributed by atoms with Crippen molar-refractivity contribution in [3.05, 3.63) is 47.0 Å². The van der Waals surface area contributed by atoms with Gasteiger partial charge in [-0.25, -0.2) is 4.98 Å². The van der Waals surface area contributed by atoms with Crippen LogP contribution in [0, 0.1) is 0 Å². The van der Waals surface area contributed by atoms with Crippen molar-refractivity contribution in [2.45, 2.75) is 39.2 Å². The van der Waals surface area contributed by atoms with Gasteiger partial charge in [0.05, 0.1) is 0 Å². The zero-order valence-corrected chi connectivity index (χ0v) is 12.5. The molecule has 1 amide bonds. The van der Waals surface area contributed by atoms with Crippen LogP contribution < -0.4 is 0 Å². The third kappa shape index (κ3) is 2.82. The van der Waals surface area contributed by atoms with E-state index >= 15 is 0 Å². The maximum absolute atomic E-state index is 12.6. The molecule has 21 heavy (non-hydrogen) atoms.